The molecular formula is C15H21N3O3. The summed E-state index contributed by atoms with van der Waals surface area (Å²) in [6.45, 7) is 3.81. The molecule has 0 radical (unpaired) electrons. The molecule has 2 atom stereocenters. The van der Waals surface area contributed by atoms with Gasteiger partial charge in [-0.05, 0) is 25.5 Å². The van der Waals surface area contributed by atoms with E-state index in [1.165, 1.54) is 6.26 Å². The van der Waals surface area contributed by atoms with Crippen LogP contribution in [-0.2, 0) is 13.5 Å². The fourth-order valence-corrected chi connectivity index (χ4v) is 2.28. The number of hydrogen-bond acceptors (Lipinski definition) is 4. The van der Waals surface area contributed by atoms with Crippen LogP contribution in [0.5, 0.6) is 0 Å². The summed E-state index contributed by atoms with van der Waals surface area (Å²) in [5.41, 5.74) is 1.35. The van der Waals surface area contributed by atoms with Crippen LogP contribution in [0.2, 0.25) is 0 Å². The van der Waals surface area contributed by atoms with E-state index in [-0.39, 0.29) is 11.9 Å². The van der Waals surface area contributed by atoms with Crippen LogP contribution in [0.25, 0.3) is 0 Å². The highest BCUT2D eigenvalue weighted by atomic mass is 16.4. The summed E-state index contributed by atoms with van der Waals surface area (Å²) in [6.07, 6.45) is 3.60. The number of aromatic nitrogens is 2. The molecule has 0 bridgehead atoms. The van der Waals surface area contributed by atoms with Crippen molar-refractivity contribution in [1.29, 1.82) is 0 Å². The fourth-order valence-electron chi connectivity index (χ4n) is 2.28. The van der Waals surface area contributed by atoms with E-state index in [0.717, 1.165) is 5.69 Å². The zero-order valence-corrected chi connectivity index (χ0v) is 12.5. The van der Waals surface area contributed by atoms with Crippen molar-refractivity contribution < 1.29 is 14.3 Å². The Morgan fingerprint density at radius 3 is 2.95 bits per heavy atom. The first kappa shape index (κ1) is 15.3. The number of nitrogens with zero attached hydrogens (tertiary/aromatic N) is 2. The first-order valence-electron chi connectivity index (χ1n) is 7.06. The second kappa shape index (κ2) is 6.58. The van der Waals surface area contributed by atoms with Crippen molar-refractivity contribution in [3.05, 3.63) is 41.6 Å². The lowest BCUT2D eigenvalue weighted by atomic mass is 10.1. The van der Waals surface area contributed by atoms with Crippen molar-refractivity contribution in [3.8, 4) is 0 Å². The maximum absolute atomic E-state index is 12.2. The van der Waals surface area contributed by atoms with Gasteiger partial charge in [0.2, 0.25) is 0 Å². The van der Waals surface area contributed by atoms with Gasteiger partial charge in [-0.25, -0.2) is 0 Å². The maximum Gasteiger partial charge on any atom is 0.254 e. The minimum Gasteiger partial charge on any atom is -0.467 e. The molecule has 2 aromatic heterocycles. The van der Waals surface area contributed by atoms with Crippen molar-refractivity contribution in [3.63, 3.8) is 0 Å². The van der Waals surface area contributed by atoms with Crippen LogP contribution in [0.15, 0.2) is 29.0 Å². The molecule has 0 aliphatic rings. The molecule has 6 nitrogen and oxygen atoms in total. The highest BCUT2D eigenvalue weighted by molar-refractivity contribution is 5.95. The highest BCUT2D eigenvalue weighted by Gasteiger charge is 2.19. The van der Waals surface area contributed by atoms with Gasteiger partial charge < -0.3 is 14.8 Å². The number of furan rings is 1. The molecule has 2 N–H and O–H groups in total. The Hall–Kier alpha value is -2.08. The first-order valence-corrected chi connectivity index (χ1v) is 7.06. The van der Waals surface area contributed by atoms with E-state index in [9.17, 15) is 9.90 Å². The molecule has 1 amide bonds. The SMILES string of the molecule is CCc1nn(C)cc1C(=O)NC(C)CC(O)c1ccco1. The Labute approximate surface area is 123 Å². The molecule has 2 rings (SSSR count). The Morgan fingerprint density at radius 1 is 1.57 bits per heavy atom. The second-order valence-electron chi connectivity index (χ2n) is 5.16. The first-order chi connectivity index (χ1) is 10.0. The third-order valence-electron chi connectivity index (χ3n) is 3.31. The van der Waals surface area contributed by atoms with E-state index in [2.05, 4.69) is 10.4 Å². The van der Waals surface area contributed by atoms with Gasteiger partial charge in [0.25, 0.3) is 5.91 Å². The number of carbonyl (C=O) groups excluding carboxylic acids is 1. The average molecular weight is 291 g/mol. The maximum atomic E-state index is 12.2. The van der Waals surface area contributed by atoms with Gasteiger partial charge in [0.1, 0.15) is 11.9 Å². The summed E-state index contributed by atoms with van der Waals surface area (Å²) in [7, 11) is 1.79. The van der Waals surface area contributed by atoms with E-state index in [1.807, 2.05) is 13.8 Å². The summed E-state index contributed by atoms with van der Waals surface area (Å²) < 4.78 is 6.78. The quantitative estimate of drug-likeness (QED) is 0.850. The molecule has 21 heavy (non-hydrogen) atoms. The zero-order valence-electron chi connectivity index (χ0n) is 12.5. The molecule has 0 spiro atoms. The van der Waals surface area contributed by atoms with Crippen LogP contribution in [-0.4, -0.2) is 26.8 Å². The summed E-state index contributed by atoms with van der Waals surface area (Å²) in [5.74, 6) is 0.339. The summed E-state index contributed by atoms with van der Waals surface area (Å²) in [4.78, 5) is 12.2. The summed E-state index contributed by atoms with van der Waals surface area (Å²) >= 11 is 0. The second-order valence-corrected chi connectivity index (χ2v) is 5.16. The third kappa shape index (κ3) is 3.72. The molecule has 0 aromatic carbocycles. The van der Waals surface area contributed by atoms with Gasteiger partial charge in [0.15, 0.2) is 0 Å². The van der Waals surface area contributed by atoms with E-state index >= 15 is 0 Å². The van der Waals surface area contributed by atoms with E-state index in [0.29, 0.717) is 24.2 Å². The van der Waals surface area contributed by atoms with Crippen molar-refractivity contribution in [1.82, 2.24) is 15.1 Å². The number of hydrogen-bond donors (Lipinski definition) is 2. The Kier molecular flexibility index (Phi) is 4.80. The van der Waals surface area contributed by atoms with Crippen molar-refractivity contribution in [2.75, 3.05) is 0 Å². The minimum absolute atomic E-state index is 0.168. The zero-order chi connectivity index (χ0) is 15.4. The minimum atomic E-state index is -0.727. The predicted molar refractivity (Wildman–Crippen MR) is 77.8 cm³/mol. The topological polar surface area (TPSA) is 80.3 Å². The molecule has 114 valence electrons. The number of nitrogens with one attached hydrogen (secondary N) is 1. The van der Waals surface area contributed by atoms with Gasteiger partial charge in [-0.1, -0.05) is 6.92 Å². The largest absolute Gasteiger partial charge is 0.467 e. The lowest BCUT2D eigenvalue weighted by Crippen LogP contribution is -2.34. The van der Waals surface area contributed by atoms with Crippen molar-refractivity contribution in [2.45, 2.75) is 38.8 Å². The number of rotatable bonds is 6. The molecule has 0 fully saturated rings. The van der Waals surface area contributed by atoms with E-state index < -0.39 is 6.10 Å². The van der Waals surface area contributed by atoms with Gasteiger partial charge in [-0.2, -0.15) is 5.10 Å². The average Bonchev–Trinajstić information content (AvgIpc) is 3.06. The van der Waals surface area contributed by atoms with Crippen LogP contribution in [0.4, 0.5) is 0 Å². The molecule has 0 saturated carbocycles. The Bertz CT molecular complexity index is 589. The fraction of sp³-hybridized carbons (Fsp3) is 0.467. The lowest BCUT2D eigenvalue weighted by Gasteiger charge is -2.16. The van der Waals surface area contributed by atoms with E-state index in [1.54, 1.807) is 30.1 Å². The van der Waals surface area contributed by atoms with Crippen LogP contribution in [0.1, 0.15) is 48.2 Å². The predicted octanol–water partition coefficient (Wildman–Crippen LogP) is 1.82. The van der Waals surface area contributed by atoms with Crippen LogP contribution >= 0.6 is 0 Å². The monoisotopic (exact) mass is 291 g/mol. The van der Waals surface area contributed by atoms with E-state index in [4.69, 9.17) is 4.42 Å². The van der Waals surface area contributed by atoms with Crippen LogP contribution in [0, 0.1) is 0 Å². The highest BCUT2D eigenvalue weighted by Crippen LogP contribution is 2.18. The molecule has 0 saturated heterocycles. The third-order valence-corrected chi connectivity index (χ3v) is 3.31. The smallest absolute Gasteiger partial charge is 0.254 e. The van der Waals surface area contributed by atoms with Crippen molar-refractivity contribution in [2.24, 2.45) is 7.05 Å². The van der Waals surface area contributed by atoms with Gasteiger partial charge >= 0.3 is 0 Å². The van der Waals surface area contributed by atoms with Crippen LogP contribution < -0.4 is 5.32 Å². The molecule has 2 aromatic rings. The molecule has 0 aliphatic carbocycles. The molecular weight excluding hydrogens is 270 g/mol. The molecule has 2 heterocycles. The number of aryl methyl sites for hydroxylation is 2. The van der Waals surface area contributed by atoms with Crippen LogP contribution in [0.3, 0.4) is 0 Å². The molecule has 6 heteroatoms. The Balaban J connectivity index is 1.95. The number of carbonyl (C=O) groups is 1. The number of aliphatic hydroxyl groups is 1. The normalized spacial score (nSPS) is 13.9. The standard InChI is InChI=1S/C15H21N3O3/c1-4-12-11(9-18(3)17-12)15(20)16-10(2)8-13(19)14-6-5-7-21-14/h5-7,9-10,13,19H,4,8H2,1-3H3,(H,16,20). The number of amides is 1. The van der Waals surface area contributed by atoms with Gasteiger partial charge in [0, 0.05) is 25.7 Å². The number of aliphatic hydroxyl groups excluding tert-OH is 1. The van der Waals surface area contributed by atoms with Crippen molar-refractivity contribution >= 4 is 5.91 Å². The lowest BCUT2D eigenvalue weighted by molar-refractivity contribution is 0.0902. The Morgan fingerprint density at radius 2 is 2.33 bits per heavy atom. The van der Waals surface area contributed by atoms with Gasteiger partial charge in [0.05, 0.1) is 17.5 Å². The molecule has 2 unspecified atom stereocenters. The summed E-state index contributed by atoms with van der Waals surface area (Å²) in [6, 6.07) is 3.27. The van der Waals surface area contributed by atoms with Gasteiger partial charge in [-0.3, -0.25) is 9.48 Å². The van der Waals surface area contributed by atoms with Gasteiger partial charge in [-0.15, -0.1) is 0 Å². The molecule has 0 aliphatic heterocycles. The summed E-state index contributed by atoms with van der Waals surface area (Å²) in [5, 5.41) is 17.1.